The molecule has 0 unspecified atom stereocenters. The highest BCUT2D eigenvalue weighted by atomic mass is 32.1. The molecule has 4 rings (SSSR count). The summed E-state index contributed by atoms with van der Waals surface area (Å²) in [7, 11) is 0. The average Bonchev–Trinajstić information content (AvgIpc) is 3.26. The minimum absolute atomic E-state index is 0.224. The zero-order valence-corrected chi connectivity index (χ0v) is 15.0. The van der Waals surface area contributed by atoms with Crippen LogP contribution in [-0.4, -0.2) is 25.8 Å². The average molecular weight is 362 g/mol. The van der Waals surface area contributed by atoms with E-state index in [4.69, 9.17) is 0 Å². The van der Waals surface area contributed by atoms with E-state index in [-0.39, 0.29) is 5.56 Å². The number of imidazole rings is 1. The van der Waals surface area contributed by atoms with Crippen LogP contribution in [0.1, 0.15) is 28.6 Å². The quantitative estimate of drug-likeness (QED) is 0.566. The minimum Gasteiger partial charge on any atom is -0.338 e. The van der Waals surface area contributed by atoms with E-state index in [0.717, 1.165) is 22.5 Å². The number of nitrogens with one attached hydrogen (secondary N) is 1. The van der Waals surface area contributed by atoms with Gasteiger partial charge in [0.25, 0.3) is 5.56 Å². The second kappa shape index (κ2) is 6.20. The van der Waals surface area contributed by atoms with Gasteiger partial charge >= 0.3 is 0 Å². The van der Waals surface area contributed by atoms with Gasteiger partial charge in [0.2, 0.25) is 5.13 Å². The first kappa shape index (κ1) is 16.2. The second-order valence-corrected chi connectivity index (χ2v) is 6.79. The number of aliphatic imine (C=N–C) groups is 1. The molecule has 0 aliphatic rings. The van der Waals surface area contributed by atoms with E-state index in [2.05, 4.69) is 26.2 Å². The van der Waals surface area contributed by atoms with Gasteiger partial charge in [-0.05, 0) is 31.0 Å². The normalized spacial score (nSPS) is 11.6. The topological polar surface area (TPSA) is 99.2 Å². The number of aromatic amines is 1. The summed E-state index contributed by atoms with van der Waals surface area (Å²) in [5.41, 5.74) is 3.18. The molecule has 0 spiro atoms. The first-order valence-corrected chi connectivity index (χ1v) is 8.88. The fourth-order valence-electron chi connectivity index (χ4n) is 2.91. The van der Waals surface area contributed by atoms with Gasteiger partial charge in [0.05, 0.1) is 22.2 Å². The van der Waals surface area contributed by atoms with Crippen molar-refractivity contribution in [3.05, 3.63) is 56.3 Å². The molecule has 4 aromatic rings. The maximum absolute atomic E-state index is 13.1. The molecule has 26 heavy (non-hydrogen) atoms. The van der Waals surface area contributed by atoms with Crippen molar-refractivity contribution in [2.24, 2.45) is 4.99 Å². The predicted octanol–water partition coefficient (Wildman–Crippen LogP) is 3.13. The van der Waals surface area contributed by atoms with E-state index >= 15 is 0 Å². The van der Waals surface area contributed by atoms with Crippen LogP contribution in [0, 0.1) is 18.3 Å². The number of pyridine rings is 1. The van der Waals surface area contributed by atoms with Crippen molar-refractivity contribution < 1.29 is 0 Å². The lowest BCUT2D eigenvalue weighted by atomic mass is 10.1. The van der Waals surface area contributed by atoms with Crippen LogP contribution >= 0.6 is 11.3 Å². The van der Waals surface area contributed by atoms with Gasteiger partial charge in [-0.25, -0.2) is 4.99 Å². The van der Waals surface area contributed by atoms with Crippen LogP contribution in [0.5, 0.6) is 0 Å². The Labute approximate surface area is 152 Å². The van der Waals surface area contributed by atoms with Crippen molar-refractivity contribution in [1.82, 2.24) is 19.6 Å². The number of benzene rings is 1. The third-order valence-electron chi connectivity index (χ3n) is 4.25. The molecular formula is C18H14N6OS. The number of aryl methyl sites for hydroxylation is 1. The van der Waals surface area contributed by atoms with Crippen molar-refractivity contribution in [3.8, 4) is 6.07 Å². The van der Waals surface area contributed by atoms with Gasteiger partial charge < -0.3 is 4.98 Å². The zero-order valence-electron chi connectivity index (χ0n) is 14.1. The van der Waals surface area contributed by atoms with Crippen molar-refractivity contribution >= 4 is 39.4 Å². The lowest BCUT2D eigenvalue weighted by molar-refractivity contribution is 0.982. The molecule has 0 bridgehead atoms. The number of hydrogen-bond acceptors (Lipinski definition) is 6. The van der Waals surface area contributed by atoms with E-state index in [0.29, 0.717) is 27.5 Å². The van der Waals surface area contributed by atoms with Crippen molar-refractivity contribution in [2.75, 3.05) is 0 Å². The number of fused-ring (bicyclic) bond motifs is 3. The van der Waals surface area contributed by atoms with Crippen LogP contribution in [0.15, 0.2) is 34.1 Å². The maximum Gasteiger partial charge on any atom is 0.265 e. The number of nitriles is 1. The van der Waals surface area contributed by atoms with Gasteiger partial charge in [0.1, 0.15) is 16.7 Å². The van der Waals surface area contributed by atoms with Gasteiger partial charge in [0.15, 0.2) is 0 Å². The third-order valence-corrected chi connectivity index (χ3v) is 5.22. The fourth-order valence-corrected chi connectivity index (χ4v) is 3.53. The Morgan fingerprint density at radius 1 is 1.38 bits per heavy atom. The summed E-state index contributed by atoms with van der Waals surface area (Å²) < 4.78 is 1.53. The first-order valence-electron chi connectivity index (χ1n) is 8.06. The van der Waals surface area contributed by atoms with Gasteiger partial charge in [-0.15, -0.1) is 10.2 Å². The summed E-state index contributed by atoms with van der Waals surface area (Å²) in [5.74, 6) is 0. The van der Waals surface area contributed by atoms with E-state index in [9.17, 15) is 10.1 Å². The Hall–Kier alpha value is -3.31. The Kier molecular flexibility index (Phi) is 3.86. The smallest absolute Gasteiger partial charge is 0.265 e. The van der Waals surface area contributed by atoms with Crippen molar-refractivity contribution in [1.29, 1.82) is 5.26 Å². The highest BCUT2D eigenvalue weighted by molar-refractivity contribution is 7.14. The summed E-state index contributed by atoms with van der Waals surface area (Å²) in [4.78, 5) is 20.6. The Balaban J connectivity index is 1.99. The first-order chi connectivity index (χ1) is 12.6. The molecule has 0 atom stereocenters. The van der Waals surface area contributed by atoms with Crippen LogP contribution < -0.4 is 5.56 Å². The molecule has 128 valence electrons. The summed E-state index contributed by atoms with van der Waals surface area (Å²) in [5, 5.41) is 19.0. The largest absolute Gasteiger partial charge is 0.338 e. The number of aromatic nitrogens is 4. The van der Waals surface area contributed by atoms with Gasteiger partial charge in [-0.2, -0.15) is 5.26 Å². The lowest BCUT2D eigenvalue weighted by Crippen LogP contribution is -2.20. The van der Waals surface area contributed by atoms with Crippen LogP contribution in [0.3, 0.4) is 0 Å². The minimum atomic E-state index is -0.224. The molecule has 0 amide bonds. The summed E-state index contributed by atoms with van der Waals surface area (Å²) in [6.45, 7) is 3.75. The molecule has 0 radical (unpaired) electrons. The highest BCUT2D eigenvalue weighted by Gasteiger charge is 2.17. The Bertz CT molecular complexity index is 1270. The van der Waals surface area contributed by atoms with E-state index in [1.807, 2.05) is 31.2 Å². The van der Waals surface area contributed by atoms with E-state index in [1.165, 1.54) is 22.0 Å². The van der Waals surface area contributed by atoms with Crippen LogP contribution in [0.2, 0.25) is 0 Å². The van der Waals surface area contributed by atoms with Gasteiger partial charge in [0, 0.05) is 6.21 Å². The van der Waals surface area contributed by atoms with Gasteiger partial charge in [-0.1, -0.05) is 30.4 Å². The molecule has 1 N–H and O–H groups in total. The second-order valence-electron chi connectivity index (χ2n) is 5.75. The highest BCUT2D eigenvalue weighted by Crippen LogP contribution is 2.22. The molecule has 3 heterocycles. The van der Waals surface area contributed by atoms with Crippen molar-refractivity contribution in [3.63, 3.8) is 0 Å². The fraction of sp³-hybridized carbons (Fsp3) is 0.167. The Morgan fingerprint density at radius 3 is 2.92 bits per heavy atom. The van der Waals surface area contributed by atoms with E-state index < -0.39 is 0 Å². The standard InChI is InChI=1S/C18H14N6OS/c1-3-15-22-23-18(26-15)20-9-12-10(2)11(8-19)16-21-13-6-4-5-7-14(13)24(16)17(12)25/h4-7,9,21H,3H2,1-2H3. The molecule has 3 aromatic heterocycles. The number of H-pyrrole nitrogens is 1. The molecular weight excluding hydrogens is 348 g/mol. The SMILES string of the molecule is CCc1nnc(N=Cc2c(C)c(C#N)c3[nH]c4ccccc4n3c2=O)s1. The Morgan fingerprint density at radius 2 is 2.19 bits per heavy atom. The molecule has 1 aromatic carbocycles. The van der Waals surface area contributed by atoms with E-state index in [1.54, 1.807) is 6.92 Å². The number of para-hydroxylation sites is 2. The monoisotopic (exact) mass is 362 g/mol. The van der Waals surface area contributed by atoms with Crippen LogP contribution in [0.25, 0.3) is 16.7 Å². The number of nitrogens with zero attached hydrogens (tertiary/aromatic N) is 5. The third kappa shape index (κ3) is 2.41. The van der Waals surface area contributed by atoms with Crippen LogP contribution in [-0.2, 0) is 6.42 Å². The number of rotatable bonds is 3. The molecule has 8 heteroatoms. The molecule has 7 nitrogen and oxygen atoms in total. The lowest BCUT2D eigenvalue weighted by Gasteiger charge is -2.05. The maximum atomic E-state index is 13.1. The number of hydrogen-bond donors (Lipinski definition) is 1. The summed E-state index contributed by atoms with van der Waals surface area (Å²) in [6.07, 6.45) is 2.27. The van der Waals surface area contributed by atoms with Crippen LogP contribution in [0.4, 0.5) is 5.13 Å². The molecule has 0 saturated heterocycles. The zero-order chi connectivity index (χ0) is 18.3. The summed E-state index contributed by atoms with van der Waals surface area (Å²) in [6, 6.07) is 9.65. The molecule has 0 aliphatic heterocycles. The molecule has 0 fully saturated rings. The molecule has 0 aliphatic carbocycles. The summed E-state index contributed by atoms with van der Waals surface area (Å²) >= 11 is 1.38. The van der Waals surface area contributed by atoms with Crippen molar-refractivity contribution in [2.45, 2.75) is 20.3 Å². The predicted molar refractivity (Wildman–Crippen MR) is 102 cm³/mol. The van der Waals surface area contributed by atoms with Gasteiger partial charge in [-0.3, -0.25) is 9.20 Å². The molecule has 0 saturated carbocycles.